The molecule has 1 amide bonds. The Labute approximate surface area is 274 Å². The maximum absolute atomic E-state index is 14.8. The molecule has 0 saturated carbocycles. The second-order valence-electron chi connectivity index (χ2n) is 11.7. The molecule has 1 unspecified atom stereocenters. The molecule has 2 atom stereocenters. The van der Waals surface area contributed by atoms with E-state index in [4.69, 9.17) is 10.5 Å². The van der Waals surface area contributed by atoms with Gasteiger partial charge in [0.1, 0.15) is 12.6 Å². The van der Waals surface area contributed by atoms with Gasteiger partial charge in [0.15, 0.2) is 0 Å². The van der Waals surface area contributed by atoms with Crippen LogP contribution in [0.1, 0.15) is 48.1 Å². The van der Waals surface area contributed by atoms with Crippen LogP contribution in [0.2, 0.25) is 0 Å². The smallest absolute Gasteiger partial charge is 0.325 e. The van der Waals surface area contributed by atoms with E-state index in [1.54, 1.807) is 19.2 Å². The predicted molar refractivity (Wildman–Crippen MR) is 186 cm³/mol. The van der Waals surface area contributed by atoms with Crippen LogP contribution in [-0.2, 0) is 20.9 Å². The van der Waals surface area contributed by atoms with E-state index >= 15 is 0 Å². The van der Waals surface area contributed by atoms with E-state index in [1.807, 2.05) is 98.8 Å². The summed E-state index contributed by atoms with van der Waals surface area (Å²) in [5.41, 5.74) is 12.2. The number of ether oxygens (including phenoxy) is 1. The minimum Gasteiger partial charge on any atom is -0.465 e. The maximum Gasteiger partial charge on any atom is 0.325 e. The van der Waals surface area contributed by atoms with Crippen molar-refractivity contribution in [2.24, 2.45) is 0 Å². The van der Waals surface area contributed by atoms with Gasteiger partial charge in [-0.1, -0.05) is 67.6 Å². The third-order valence-corrected chi connectivity index (χ3v) is 8.28. The predicted octanol–water partition coefficient (Wildman–Crippen LogP) is 5.93. The van der Waals surface area contributed by atoms with Crippen LogP contribution < -0.4 is 16.6 Å². The third kappa shape index (κ3) is 7.70. The number of esters is 1. The number of anilines is 2. The van der Waals surface area contributed by atoms with E-state index in [2.05, 4.69) is 10.3 Å². The van der Waals surface area contributed by atoms with Crippen molar-refractivity contribution in [1.82, 2.24) is 9.88 Å². The van der Waals surface area contributed by atoms with Crippen LogP contribution in [0, 0.1) is 6.92 Å². The van der Waals surface area contributed by atoms with Crippen molar-refractivity contribution in [3.8, 4) is 11.1 Å². The summed E-state index contributed by atoms with van der Waals surface area (Å²) in [6.45, 7) is 5.56. The number of nitrogens with one attached hydrogen (secondary N) is 2. The highest BCUT2D eigenvalue weighted by Gasteiger charge is 2.30. The van der Waals surface area contributed by atoms with Crippen LogP contribution >= 0.6 is 0 Å². The van der Waals surface area contributed by atoms with Crippen LogP contribution in [0.15, 0.2) is 102 Å². The van der Waals surface area contributed by atoms with E-state index in [0.717, 1.165) is 33.2 Å². The first-order valence-electron chi connectivity index (χ1n) is 15.7. The molecule has 0 aliphatic carbocycles. The molecule has 0 radical (unpaired) electrons. The molecule has 5 rings (SSSR count). The molecule has 0 aliphatic rings. The summed E-state index contributed by atoms with van der Waals surface area (Å²) in [6, 6.07) is 27.2. The van der Waals surface area contributed by atoms with Gasteiger partial charge >= 0.3 is 5.97 Å². The standard InChI is InChI=1S/C38H40N4O5/c1-4-47-35(44)22-42(21-29-19-30(39)12-15-33(29)26-8-6-5-7-9-26)38(46)36(28-11-14-32(24(2)18-28)25(3)23-43)41-31-13-10-27-16-17-40-37(45)34(27)20-31/h5-20,25,36,41,43H,4,21-23,39H2,1-3H3,(H,40,45)/t25-,36?/m0/s1. The molecule has 4 aromatic carbocycles. The Hall–Kier alpha value is -5.41. The number of aromatic amines is 1. The van der Waals surface area contributed by atoms with Crippen molar-refractivity contribution in [2.75, 3.05) is 30.8 Å². The van der Waals surface area contributed by atoms with Gasteiger partial charge in [-0.25, -0.2) is 0 Å². The first kappa shape index (κ1) is 33.0. The summed E-state index contributed by atoms with van der Waals surface area (Å²) < 4.78 is 5.30. The van der Waals surface area contributed by atoms with Gasteiger partial charge in [0.05, 0.1) is 6.61 Å². The highest BCUT2D eigenvalue weighted by molar-refractivity contribution is 5.91. The molecule has 47 heavy (non-hydrogen) atoms. The number of hydrogen-bond donors (Lipinski definition) is 4. The number of nitrogens with zero attached hydrogens (tertiary/aromatic N) is 1. The molecular weight excluding hydrogens is 592 g/mol. The summed E-state index contributed by atoms with van der Waals surface area (Å²) >= 11 is 0. The Morgan fingerprint density at radius 2 is 1.79 bits per heavy atom. The SMILES string of the molecule is CCOC(=O)CN(Cc1cc(N)ccc1-c1ccccc1)C(=O)C(Nc1ccc2cc[nH]c(=O)c2c1)c1ccc([C@@H](C)CO)c(C)c1. The fraction of sp³-hybridized carbons (Fsp3) is 0.237. The lowest BCUT2D eigenvalue weighted by Crippen LogP contribution is -2.41. The monoisotopic (exact) mass is 632 g/mol. The molecule has 0 bridgehead atoms. The lowest BCUT2D eigenvalue weighted by Gasteiger charge is -2.29. The number of aromatic nitrogens is 1. The highest BCUT2D eigenvalue weighted by atomic mass is 16.5. The number of hydrogen-bond acceptors (Lipinski definition) is 7. The average molecular weight is 633 g/mol. The number of aliphatic hydroxyl groups is 1. The number of pyridine rings is 1. The van der Waals surface area contributed by atoms with Crippen LogP contribution in [0.4, 0.5) is 11.4 Å². The molecule has 9 nitrogen and oxygen atoms in total. The number of carbonyl (C=O) groups excluding carboxylic acids is 2. The first-order valence-corrected chi connectivity index (χ1v) is 15.7. The average Bonchev–Trinajstić information content (AvgIpc) is 3.07. The van der Waals surface area contributed by atoms with Crippen molar-refractivity contribution in [1.29, 1.82) is 0 Å². The summed E-state index contributed by atoms with van der Waals surface area (Å²) in [5.74, 6) is -0.993. The minimum absolute atomic E-state index is 0.0102. The molecule has 1 heterocycles. The van der Waals surface area contributed by atoms with Crippen LogP contribution in [0.5, 0.6) is 0 Å². The van der Waals surface area contributed by atoms with Gasteiger partial charge in [-0.2, -0.15) is 0 Å². The van der Waals surface area contributed by atoms with Crippen LogP contribution in [0.25, 0.3) is 21.9 Å². The number of H-pyrrole nitrogens is 1. The molecule has 9 heteroatoms. The molecule has 0 fully saturated rings. The summed E-state index contributed by atoms with van der Waals surface area (Å²) in [5, 5.41) is 14.4. The zero-order chi connectivity index (χ0) is 33.5. The van der Waals surface area contributed by atoms with Gasteiger partial charge in [0.25, 0.3) is 11.5 Å². The quantitative estimate of drug-likeness (QED) is 0.0989. The Balaban J connectivity index is 1.60. The van der Waals surface area contributed by atoms with Crippen LogP contribution in [-0.4, -0.2) is 46.6 Å². The van der Waals surface area contributed by atoms with Gasteiger partial charge in [0.2, 0.25) is 0 Å². The Morgan fingerprint density at radius 3 is 2.51 bits per heavy atom. The van der Waals surface area contributed by atoms with Crippen molar-refractivity contribution < 1.29 is 19.4 Å². The zero-order valence-corrected chi connectivity index (χ0v) is 26.8. The Bertz CT molecular complexity index is 1940. The van der Waals surface area contributed by atoms with Gasteiger partial charge in [-0.05, 0) is 82.9 Å². The van der Waals surface area contributed by atoms with E-state index in [0.29, 0.717) is 22.3 Å². The number of aliphatic hydroxyl groups excluding tert-OH is 1. The molecule has 242 valence electrons. The molecule has 1 aromatic heterocycles. The molecule has 0 saturated heterocycles. The normalized spacial score (nSPS) is 12.3. The fourth-order valence-corrected chi connectivity index (χ4v) is 5.86. The number of nitrogens with two attached hydrogens (primary N) is 1. The third-order valence-electron chi connectivity index (χ3n) is 8.28. The van der Waals surface area contributed by atoms with Crippen molar-refractivity contribution in [3.05, 3.63) is 130 Å². The number of benzene rings is 4. The van der Waals surface area contributed by atoms with E-state index in [-0.39, 0.29) is 43.7 Å². The lowest BCUT2D eigenvalue weighted by molar-refractivity contribution is -0.149. The number of amides is 1. The number of carbonyl (C=O) groups is 2. The van der Waals surface area contributed by atoms with Gasteiger partial charge < -0.3 is 30.8 Å². The van der Waals surface area contributed by atoms with Crippen molar-refractivity contribution in [2.45, 2.75) is 39.3 Å². The molecule has 0 aliphatic heterocycles. The van der Waals surface area contributed by atoms with Gasteiger partial charge in [0, 0.05) is 42.0 Å². The van der Waals surface area contributed by atoms with Crippen LogP contribution in [0.3, 0.4) is 0 Å². The summed E-state index contributed by atoms with van der Waals surface area (Å²) in [4.78, 5) is 44.5. The highest BCUT2D eigenvalue weighted by Crippen LogP contribution is 2.31. The van der Waals surface area contributed by atoms with Crippen molar-refractivity contribution >= 4 is 34.0 Å². The minimum atomic E-state index is -0.942. The first-order chi connectivity index (χ1) is 22.7. The van der Waals surface area contributed by atoms with Gasteiger partial charge in [-0.15, -0.1) is 0 Å². The zero-order valence-electron chi connectivity index (χ0n) is 26.8. The van der Waals surface area contributed by atoms with E-state index in [1.165, 1.54) is 4.90 Å². The van der Waals surface area contributed by atoms with Crippen molar-refractivity contribution in [3.63, 3.8) is 0 Å². The second kappa shape index (κ2) is 14.8. The number of aryl methyl sites for hydroxylation is 1. The topological polar surface area (TPSA) is 138 Å². The second-order valence-corrected chi connectivity index (χ2v) is 11.7. The number of fused-ring (bicyclic) bond motifs is 1. The Morgan fingerprint density at radius 1 is 1.00 bits per heavy atom. The lowest BCUT2D eigenvalue weighted by atomic mass is 9.92. The summed E-state index contributed by atoms with van der Waals surface area (Å²) in [7, 11) is 0. The molecule has 5 aromatic rings. The molecule has 0 spiro atoms. The Kier molecular flexibility index (Phi) is 10.4. The van der Waals surface area contributed by atoms with E-state index in [9.17, 15) is 19.5 Å². The fourth-order valence-electron chi connectivity index (χ4n) is 5.86. The number of nitrogen functional groups attached to an aromatic ring is 1. The van der Waals surface area contributed by atoms with Gasteiger partial charge in [-0.3, -0.25) is 14.4 Å². The maximum atomic E-state index is 14.8. The molecule has 5 N–H and O–H groups in total. The number of rotatable bonds is 12. The summed E-state index contributed by atoms with van der Waals surface area (Å²) in [6.07, 6.45) is 1.59. The largest absolute Gasteiger partial charge is 0.465 e. The van der Waals surface area contributed by atoms with E-state index < -0.39 is 12.0 Å². The molecular formula is C38H40N4O5.